The fourth-order valence-electron chi connectivity index (χ4n) is 3.00. The normalized spacial score (nSPS) is 11.0. The fraction of sp³-hybridized carbons (Fsp3) is 0.158. The summed E-state index contributed by atoms with van der Waals surface area (Å²) < 4.78 is 7.92. The third-order valence-corrected chi connectivity index (χ3v) is 4.27. The van der Waals surface area contributed by atoms with Crippen LogP contribution in [0.3, 0.4) is 0 Å². The highest BCUT2D eigenvalue weighted by atomic mass is 16.5. The van der Waals surface area contributed by atoms with Gasteiger partial charge in [0, 0.05) is 12.3 Å². The highest BCUT2D eigenvalue weighted by Crippen LogP contribution is 2.23. The van der Waals surface area contributed by atoms with Gasteiger partial charge >= 0.3 is 5.69 Å². The Balaban J connectivity index is 1.77. The van der Waals surface area contributed by atoms with Crippen molar-refractivity contribution >= 4 is 28.3 Å². The Morgan fingerprint density at radius 2 is 2.07 bits per heavy atom. The van der Waals surface area contributed by atoms with Crippen molar-refractivity contribution in [3.8, 4) is 5.75 Å². The zero-order chi connectivity index (χ0) is 19.0. The van der Waals surface area contributed by atoms with E-state index in [1.165, 1.54) is 4.40 Å². The summed E-state index contributed by atoms with van der Waals surface area (Å²) in [5.41, 5.74) is 1.64. The number of amides is 1. The number of anilines is 1. The number of hydrogen-bond acceptors (Lipinski definition) is 5. The van der Waals surface area contributed by atoms with Crippen molar-refractivity contribution in [1.82, 2.24) is 19.2 Å². The predicted molar refractivity (Wildman–Crippen MR) is 101 cm³/mol. The first-order chi connectivity index (χ1) is 13.1. The number of nitrogens with one attached hydrogen (secondary N) is 1. The molecule has 0 aliphatic rings. The van der Waals surface area contributed by atoms with Gasteiger partial charge in [0.05, 0.1) is 12.6 Å². The number of ether oxygens (including phenoxy) is 1. The van der Waals surface area contributed by atoms with E-state index in [1.54, 1.807) is 37.6 Å². The molecule has 1 aromatic carbocycles. The van der Waals surface area contributed by atoms with Crippen molar-refractivity contribution in [1.29, 1.82) is 0 Å². The van der Waals surface area contributed by atoms with Crippen LogP contribution >= 0.6 is 0 Å². The lowest BCUT2D eigenvalue weighted by Gasteiger charge is -2.05. The average molecular weight is 363 g/mol. The summed E-state index contributed by atoms with van der Waals surface area (Å²) in [6.45, 7) is 1.67. The van der Waals surface area contributed by atoms with E-state index < -0.39 is 0 Å². The quantitative estimate of drug-likeness (QED) is 0.599. The number of carbonyl (C=O) groups is 1. The number of hydrogen-bond donors (Lipinski definition) is 1. The molecule has 1 amide bonds. The van der Waals surface area contributed by atoms with Crippen LogP contribution in [0.15, 0.2) is 53.5 Å². The van der Waals surface area contributed by atoms with Crippen molar-refractivity contribution in [2.75, 3.05) is 12.4 Å². The molecule has 0 aliphatic carbocycles. The van der Waals surface area contributed by atoms with Gasteiger partial charge in [-0.1, -0.05) is 6.07 Å². The second-order valence-electron chi connectivity index (χ2n) is 6.11. The van der Waals surface area contributed by atoms with Gasteiger partial charge in [-0.05, 0) is 48.2 Å². The lowest BCUT2D eigenvalue weighted by atomic mass is 10.1. The van der Waals surface area contributed by atoms with Gasteiger partial charge in [-0.3, -0.25) is 4.79 Å². The Kier molecular flexibility index (Phi) is 4.08. The fourth-order valence-corrected chi connectivity index (χ4v) is 3.00. The number of carbonyl (C=O) groups excluding carboxylic acids is 1. The highest BCUT2D eigenvalue weighted by Gasteiger charge is 2.15. The van der Waals surface area contributed by atoms with Crippen LogP contribution in [0, 0.1) is 6.92 Å². The first-order valence-corrected chi connectivity index (χ1v) is 8.34. The van der Waals surface area contributed by atoms with E-state index in [2.05, 4.69) is 15.4 Å². The number of benzene rings is 1. The van der Waals surface area contributed by atoms with Crippen molar-refractivity contribution in [3.05, 3.63) is 64.7 Å². The Bertz CT molecular complexity index is 1210. The molecule has 8 nitrogen and oxygen atoms in total. The summed E-state index contributed by atoms with van der Waals surface area (Å²) in [6.07, 6.45) is 1.58. The van der Waals surface area contributed by atoms with Crippen LogP contribution in [0.4, 0.5) is 5.82 Å². The van der Waals surface area contributed by atoms with Crippen molar-refractivity contribution in [2.45, 2.75) is 13.5 Å². The minimum atomic E-state index is -0.386. The summed E-state index contributed by atoms with van der Waals surface area (Å²) in [5.74, 6) is 0.685. The van der Waals surface area contributed by atoms with E-state index in [1.807, 2.05) is 25.1 Å². The molecule has 0 saturated heterocycles. The van der Waals surface area contributed by atoms with Crippen LogP contribution in [0.1, 0.15) is 5.56 Å². The molecular weight excluding hydrogens is 346 g/mol. The number of nitrogens with zero attached hydrogens (tertiary/aromatic N) is 4. The van der Waals surface area contributed by atoms with Gasteiger partial charge < -0.3 is 10.1 Å². The number of rotatable bonds is 4. The van der Waals surface area contributed by atoms with Crippen LogP contribution in [-0.2, 0) is 11.3 Å². The Morgan fingerprint density at radius 3 is 2.81 bits per heavy atom. The molecule has 0 saturated carbocycles. The second-order valence-corrected chi connectivity index (χ2v) is 6.11. The molecular formula is C19H17N5O3. The Hall–Kier alpha value is -3.68. The Labute approximate surface area is 154 Å². The van der Waals surface area contributed by atoms with E-state index in [4.69, 9.17) is 4.74 Å². The lowest BCUT2D eigenvalue weighted by Crippen LogP contribution is -2.28. The van der Waals surface area contributed by atoms with Crippen molar-refractivity contribution in [3.63, 3.8) is 0 Å². The SMILES string of the molecule is COc1ccc2cc(C)c3nn(CC(=O)Nc4ccccn4)c(=O)n3c2c1. The highest BCUT2D eigenvalue weighted by molar-refractivity contribution is 5.89. The standard InChI is InChI=1S/C19H17N5O3/c1-12-9-13-6-7-14(27-2)10-15(13)24-18(12)22-23(19(24)26)11-17(25)21-16-5-3-4-8-20-16/h3-10H,11H2,1-2H3,(H,20,21,25). The maximum atomic E-state index is 12.9. The predicted octanol–water partition coefficient (Wildman–Crippen LogP) is 2.00. The first-order valence-electron chi connectivity index (χ1n) is 8.34. The summed E-state index contributed by atoms with van der Waals surface area (Å²) in [4.78, 5) is 29.2. The van der Waals surface area contributed by atoms with Crippen LogP contribution in [0.2, 0.25) is 0 Å². The minimum absolute atomic E-state index is 0.206. The molecule has 3 aromatic heterocycles. The number of pyridine rings is 2. The molecule has 0 bridgehead atoms. The maximum Gasteiger partial charge on any atom is 0.351 e. The zero-order valence-corrected chi connectivity index (χ0v) is 14.8. The molecule has 0 fully saturated rings. The molecule has 0 aliphatic heterocycles. The van der Waals surface area contributed by atoms with Crippen LogP contribution in [-0.4, -0.2) is 32.2 Å². The molecule has 3 heterocycles. The molecule has 4 rings (SSSR count). The van der Waals surface area contributed by atoms with Gasteiger partial charge in [-0.15, -0.1) is 5.10 Å². The Morgan fingerprint density at radius 1 is 1.22 bits per heavy atom. The maximum absolute atomic E-state index is 12.9. The monoisotopic (exact) mass is 363 g/mol. The van der Waals surface area contributed by atoms with E-state index in [9.17, 15) is 9.59 Å². The molecule has 0 spiro atoms. The number of fused-ring (bicyclic) bond motifs is 3. The van der Waals surface area contributed by atoms with E-state index in [0.29, 0.717) is 22.7 Å². The van der Waals surface area contributed by atoms with Gasteiger partial charge in [-0.25, -0.2) is 18.9 Å². The van der Waals surface area contributed by atoms with Gasteiger partial charge in [0.2, 0.25) is 5.91 Å². The summed E-state index contributed by atoms with van der Waals surface area (Å²) in [6, 6.07) is 12.7. The average Bonchev–Trinajstić information content (AvgIpc) is 2.99. The molecule has 0 atom stereocenters. The third kappa shape index (κ3) is 3.01. The molecule has 0 radical (unpaired) electrons. The summed E-state index contributed by atoms with van der Waals surface area (Å²) in [5, 5.41) is 7.89. The largest absolute Gasteiger partial charge is 0.497 e. The second kappa shape index (κ2) is 6.56. The van der Waals surface area contributed by atoms with Gasteiger partial charge in [0.25, 0.3) is 0 Å². The summed E-state index contributed by atoms with van der Waals surface area (Å²) >= 11 is 0. The molecule has 136 valence electrons. The van der Waals surface area contributed by atoms with Crippen molar-refractivity contribution < 1.29 is 9.53 Å². The molecule has 4 aromatic rings. The number of aromatic nitrogens is 4. The van der Waals surface area contributed by atoms with E-state index in [-0.39, 0.29) is 18.1 Å². The molecule has 1 N–H and O–H groups in total. The van der Waals surface area contributed by atoms with Crippen molar-refractivity contribution in [2.24, 2.45) is 0 Å². The number of methoxy groups -OCH3 is 1. The number of aryl methyl sites for hydroxylation is 1. The molecule has 8 heteroatoms. The van der Waals surface area contributed by atoms with Gasteiger partial charge in [0.1, 0.15) is 18.1 Å². The van der Waals surface area contributed by atoms with Crippen LogP contribution in [0.25, 0.3) is 16.6 Å². The molecule has 27 heavy (non-hydrogen) atoms. The van der Waals surface area contributed by atoms with Crippen LogP contribution in [0.5, 0.6) is 5.75 Å². The zero-order valence-electron chi connectivity index (χ0n) is 14.8. The third-order valence-electron chi connectivity index (χ3n) is 4.27. The van der Waals surface area contributed by atoms with Crippen LogP contribution < -0.4 is 15.7 Å². The topological polar surface area (TPSA) is 90.5 Å². The lowest BCUT2D eigenvalue weighted by molar-refractivity contribution is -0.117. The van der Waals surface area contributed by atoms with Gasteiger partial charge in [0.15, 0.2) is 5.65 Å². The van der Waals surface area contributed by atoms with Gasteiger partial charge in [-0.2, -0.15) is 0 Å². The van der Waals surface area contributed by atoms with E-state index in [0.717, 1.165) is 15.6 Å². The summed E-state index contributed by atoms with van der Waals surface area (Å²) in [7, 11) is 1.57. The van der Waals surface area contributed by atoms with E-state index >= 15 is 0 Å². The molecule has 0 unspecified atom stereocenters. The first kappa shape index (κ1) is 16.8. The smallest absolute Gasteiger partial charge is 0.351 e. The minimum Gasteiger partial charge on any atom is -0.497 e.